The zero-order valence-corrected chi connectivity index (χ0v) is 13.7. The summed E-state index contributed by atoms with van der Waals surface area (Å²) in [7, 11) is 0. The molecule has 4 aliphatic rings. The zero-order valence-electron chi connectivity index (χ0n) is 13.0. The van der Waals surface area contributed by atoms with Crippen LogP contribution in [0, 0.1) is 23.6 Å². The number of ether oxygens (including phenoxy) is 1. The molecule has 0 atom stereocenters. The van der Waals surface area contributed by atoms with Crippen molar-refractivity contribution in [2.75, 3.05) is 6.61 Å². The standard InChI is InChI=1S/C18H21ClFNO2/c19-15-6-14(1-2-16(15)20)23-10-17(22)21-18-7-11-3-12(8-18)5-13(4-11)9-18/h1-2,6,11-13H,3-5,7-10H2,(H,21,22). The third kappa shape index (κ3) is 3.06. The maximum absolute atomic E-state index is 13.1. The van der Waals surface area contributed by atoms with E-state index in [2.05, 4.69) is 5.32 Å². The highest BCUT2D eigenvalue weighted by Crippen LogP contribution is 2.55. The Balaban J connectivity index is 1.36. The van der Waals surface area contributed by atoms with E-state index in [-0.39, 0.29) is 23.1 Å². The van der Waals surface area contributed by atoms with E-state index >= 15 is 0 Å². The summed E-state index contributed by atoms with van der Waals surface area (Å²) in [6, 6.07) is 4.13. The molecule has 0 aromatic heterocycles. The largest absolute Gasteiger partial charge is 0.484 e. The smallest absolute Gasteiger partial charge is 0.258 e. The van der Waals surface area contributed by atoms with Gasteiger partial charge in [-0.2, -0.15) is 0 Å². The van der Waals surface area contributed by atoms with Crippen molar-refractivity contribution < 1.29 is 13.9 Å². The first-order chi connectivity index (χ1) is 11.0. The van der Waals surface area contributed by atoms with Crippen LogP contribution in [0.3, 0.4) is 0 Å². The number of halogens is 2. The molecule has 0 radical (unpaired) electrons. The van der Waals surface area contributed by atoms with Crippen LogP contribution in [0.1, 0.15) is 38.5 Å². The zero-order chi connectivity index (χ0) is 16.0. The highest BCUT2D eigenvalue weighted by Gasteiger charge is 2.51. The minimum absolute atomic E-state index is 0.00370. The average molecular weight is 338 g/mol. The molecule has 1 N–H and O–H groups in total. The molecular formula is C18H21ClFNO2. The van der Waals surface area contributed by atoms with Crippen molar-refractivity contribution in [2.24, 2.45) is 17.8 Å². The SMILES string of the molecule is O=C(COc1ccc(F)c(Cl)c1)NC12CC3CC(CC(C3)C1)C2. The van der Waals surface area contributed by atoms with Crippen molar-refractivity contribution in [1.29, 1.82) is 0 Å². The summed E-state index contributed by atoms with van der Waals surface area (Å²) in [4.78, 5) is 12.3. The summed E-state index contributed by atoms with van der Waals surface area (Å²) in [5, 5.41) is 3.25. The summed E-state index contributed by atoms with van der Waals surface area (Å²) < 4.78 is 18.6. The Kier molecular flexibility index (Phi) is 3.75. The number of nitrogens with one attached hydrogen (secondary N) is 1. The first-order valence-corrected chi connectivity index (χ1v) is 8.78. The maximum atomic E-state index is 13.1. The van der Waals surface area contributed by atoms with E-state index in [0.717, 1.165) is 37.0 Å². The molecule has 23 heavy (non-hydrogen) atoms. The average Bonchev–Trinajstić information content (AvgIpc) is 2.46. The van der Waals surface area contributed by atoms with Crippen LogP contribution >= 0.6 is 11.6 Å². The quantitative estimate of drug-likeness (QED) is 0.903. The minimum Gasteiger partial charge on any atom is -0.484 e. The predicted molar refractivity (Wildman–Crippen MR) is 86.0 cm³/mol. The van der Waals surface area contributed by atoms with Gasteiger partial charge in [0.1, 0.15) is 11.6 Å². The van der Waals surface area contributed by atoms with Gasteiger partial charge in [-0.05, 0) is 68.4 Å². The van der Waals surface area contributed by atoms with Gasteiger partial charge in [0.05, 0.1) is 5.02 Å². The molecular weight excluding hydrogens is 317 g/mol. The van der Waals surface area contributed by atoms with Gasteiger partial charge in [0.15, 0.2) is 6.61 Å². The van der Waals surface area contributed by atoms with Crippen LogP contribution in [-0.2, 0) is 4.79 Å². The second kappa shape index (κ2) is 5.66. The molecule has 4 bridgehead atoms. The van der Waals surface area contributed by atoms with Gasteiger partial charge in [-0.3, -0.25) is 4.79 Å². The number of benzene rings is 1. The van der Waals surface area contributed by atoms with E-state index in [0.29, 0.717) is 5.75 Å². The number of rotatable bonds is 4. The van der Waals surface area contributed by atoms with Crippen LogP contribution in [-0.4, -0.2) is 18.1 Å². The fourth-order valence-corrected chi connectivity index (χ4v) is 5.48. The van der Waals surface area contributed by atoms with Gasteiger partial charge in [-0.1, -0.05) is 11.6 Å². The molecule has 0 aliphatic heterocycles. The van der Waals surface area contributed by atoms with Crippen LogP contribution in [0.5, 0.6) is 5.75 Å². The Morgan fingerprint density at radius 2 is 1.83 bits per heavy atom. The Labute approximate surface area is 140 Å². The van der Waals surface area contributed by atoms with E-state index in [1.165, 1.54) is 37.5 Å². The van der Waals surface area contributed by atoms with Crippen molar-refractivity contribution >= 4 is 17.5 Å². The molecule has 4 aliphatic carbocycles. The second-order valence-electron chi connectivity index (χ2n) is 7.61. The molecule has 5 rings (SSSR count). The molecule has 0 saturated heterocycles. The Bertz CT molecular complexity index is 598. The lowest BCUT2D eigenvalue weighted by Crippen LogP contribution is -2.60. The van der Waals surface area contributed by atoms with Gasteiger partial charge in [0.25, 0.3) is 5.91 Å². The van der Waals surface area contributed by atoms with Crippen molar-refractivity contribution in [3.8, 4) is 5.75 Å². The van der Waals surface area contributed by atoms with Crippen molar-refractivity contribution in [3.63, 3.8) is 0 Å². The lowest BCUT2D eigenvalue weighted by Gasteiger charge is -2.56. The molecule has 0 heterocycles. The molecule has 4 fully saturated rings. The summed E-state index contributed by atoms with van der Waals surface area (Å²) in [5.74, 6) is 2.21. The monoisotopic (exact) mass is 337 g/mol. The van der Waals surface area contributed by atoms with Crippen LogP contribution in [0.2, 0.25) is 5.02 Å². The van der Waals surface area contributed by atoms with E-state index in [4.69, 9.17) is 16.3 Å². The minimum atomic E-state index is -0.489. The van der Waals surface area contributed by atoms with Gasteiger partial charge >= 0.3 is 0 Å². The van der Waals surface area contributed by atoms with E-state index in [9.17, 15) is 9.18 Å². The van der Waals surface area contributed by atoms with Crippen molar-refractivity contribution in [1.82, 2.24) is 5.32 Å². The summed E-state index contributed by atoms with van der Waals surface area (Å²) in [6.07, 6.45) is 7.40. The third-order valence-corrected chi connectivity index (χ3v) is 5.99. The number of carbonyl (C=O) groups excluding carboxylic acids is 1. The number of carbonyl (C=O) groups is 1. The number of hydrogen-bond acceptors (Lipinski definition) is 2. The summed E-state index contributed by atoms with van der Waals surface area (Å²) in [6.45, 7) is -0.0519. The second-order valence-corrected chi connectivity index (χ2v) is 8.02. The topological polar surface area (TPSA) is 38.3 Å². The summed E-state index contributed by atoms with van der Waals surface area (Å²) >= 11 is 5.72. The molecule has 0 unspecified atom stereocenters. The fraction of sp³-hybridized carbons (Fsp3) is 0.611. The first-order valence-electron chi connectivity index (χ1n) is 8.40. The Hall–Kier alpha value is -1.29. The van der Waals surface area contributed by atoms with Crippen LogP contribution in [0.4, 0.5) is 4.39 Å². The predicted octanol–water partition coefficient (Wildman–Crippen LogP) is 3.94. The van der Waals surface area contributed by atoms with Gasteiger partial charge in [-0.25, -0.2) is 4.39 Å². The molecule has 4 saturated carbocycles. The molecule has 124 valence electrons. The molecule has 0 spiro atoms. The number of amides is 1. The maximum Gasteiger partial charge on any atom is 0.258 e. The lowest BCUT2D eigenvalue weighted by atomic mass is 9.53. The van der Waals surface area contributed by atoms with Gasteiger partial charge in [0, 0.05) is 11.6 Å². The third-order valence-electron chi connectivity index (χ3n) is 5.70. The molecule has 1 aromatic rings. The van der Waals surface area contributed by atoms with E-state index in [1.807, 2.05) is 0 Å². The summed E-state index contributed by atoms with van der Waals surface area (Å²) in [5.41, 5.74) is -0.00433. The van der Waals surface area contributed by atoms with E-state index < -0.39 is 5.82 Å². The van der Waals surface area contributed by atoms with Crippen LogP contribution in [0.15, 0.2) is 18.2 Å². The molecule has 1 aromatic carbocycles. The van der Waals surface area contributed by atoms with Crippen molar-refractivity contribution in [3.05, 3.63) is 29.0 Å². The van der Waals surface area contributed by atoms with Crippen LogP contribution < -0.4 is 10.1 Å². The normalized spacial score (nSPS) is 34.4. The first kappa shape index (κ1) is 15.3. The number of hydrogen-bond donors (Lipinski definition) is 1. The van der Waals surface area contributed by atoms with Gasteiger partial charge in [0.2, 0.25) is 0 Å². The van der Waals surface area contributed by atoms with Crippen LogP contribution in [0.25, 0.3) is 0 Å². The molecule has 5 heteroatoms. The Morgan fingerprint density at radius 1 is 1.22 bits per heavy atom. The fourth-order valence-electron chi connectivity index (χ4n) is 5.31. The highest BCUT2D eigenvalue weighted by molar-refractivity contribution is 6.30. The van der Waals surface area contributed by atoms with E-state index in [1.54, 1.807) is 0 Å². The highest BCUT2D eigenvalue weighted by atomic mass is 35.5. The van der Waals surface area contributed by atoms with Gasteiger partial charge < -0.3 is 10.1 Å². The van der Waals surface area contributed by atoms with Gasteiger partial charge in [-0.15, -0.1) is 0 Å². The molecule has 3 nitrogen and oxygen atoms in total. The molecule has 1 amide bonds. The lowest BCUT2D eigenvalue weighted by molar-refractivity contribution is -0.128. The van der Waals surface area contributed by atoms with Crippen molar-refractivity contribution in [2.45, 2.75) is 44.1 Å². The Morgan fingerprint density at radius 3 is 2.39 bits per heavy atom.